The average molecular weight is 360 g/mol. The Kier molecular flexibility index (Phi) is 2.25. The predicted molar refractivity (Wildman–Crippen MR) is 91.1 cm³/mol. The van der Waals surface area contributed by atoms with E-state index in [-0.39, 0.29) is 43.1 Å². The molecule has 3 fully saturated rings. The normalized spacial score (nSPS) is 46.6. The molecule has 1 unspecified atom stereocenters. The van der Waals surface area contributed by atoms with Gasteiger partial charge in [0.2, 0.25) is 0 Å². The Morgan fingerprint density at radius 1 is 1.38 bits per heavy atom. The molecule has 6 rings (SSSR count). The Morgan fingerprint density at radius 2 is 2.19 bits per heavy atom. The van der Waals surface area contributed by atoms with Crippen LogP contribution in [0.4, 0.5) is 0 Å². The summed E-state index contributed by atoms with van der Waals surface area (Å²) in [6.45, 7) is -1.84. The topological polar surface area (TPSA) is 90.2 Å². The van der Waals surface area contributed by atoms with Gasteiger partial charge in [0.25, 0.3) is 0 Å². The minimum absolute atomic E-state index is 0.0546. The summed E-state index contributed by atoms with van der Waals surface area (Å²) in [6, 6.07) is 1.98. The van der Waals surface area contributed by atoms with Crippen molar-refractivity contribution in [2.45, 2.75) is 61.4 Å². The summed E-state index contributed by atoms with van der Waals surface area (Å²) in [6.07, 6.45) is -0.933. The van der Waals surface area contributed by atoms with Crippen LogP contribution >= 0.6 is 0 Å². The maximum atomic E-state index is 12.8. The van der Waals surface area contributed by atoms with E-state index >= 15 is 0 Å². The fourth-order valence-electron chi connectivity index (χ4n) is 5.90. The number of carbonyl (C=O) groups excluding carboxylic acids is 1. The summed E-state index contributed by atoms with van der Waals surface area (Å²) in [5.41, 5.74) is -1.77. The van der Waals surface area contributed by atoms with Crippen molar-refractivity contribution in [1.82, 2.24) is 4.90 Å². The van der Waals surface area contributed by atoms with Crippen molar-refractivity contribution >= 4 is 5.78 Å². The Hall–Kier alpha value is -1.63. The number of hydrogen-bond acceptors (Lipinski definition) is 6. The molecule has 0 radical (unpaired) electrons. The molecule has 0 amide bonds. The van der Waals surface area contributed by atoms with E-state index in [1.165, 1.54) is 11.0 Å². The maximum absolute atomic E-state index is 12.8. The molecule has 3 aliphatic carbocycles. The standard InChI is InChI=1S/C20H23NO5/c22-12-4-3-11-14-16(12)26-18-13(23)5-6-20(25)17(15(11)24)21(9-10-1-2-10)8-7-19(14,18)20/h3-4,10,15,17-18,22,24-25H,1-2,5-9H2/t15?,17-,18+,19+,20-/m1/s1/i9D2,10D. The molecule has 0 aromatic heterocycles. The summed E-state index contributed by atoms with van der Waals surface area (Å²) in [5, 5.41) is 33.8. The quantitative estimate of drug-likeness (QED) is 0.730. The number of piperidine rings is 1. The van der Waals surface area contributed by atoms with Crippen LogP contribution in [0.15, 0.2) is 12.1 Å². The largest absolute Gasteiger partial charge is 0.504 e. The lowest BCUT2D eigenvalue weighted by molar-refractivity contribution is -0.211. The highest BCUT2D eigenvalue weighted by Gasteiger charge is 2.74. The highest BCUT2D eigenvalue weighted by molar-refractivity contribution is 5.90. The Morgan fingerprint density at radius 3 is 2.96 bits per heavy atom. The van der Waals surface area contributed by atoms with E-state index in [1.807, 2.05) is 0 Å². The third-order valence-corrected chi connectivity index (χ3v) is 7.11. The van der Waals surface area contributed by atoms with E-state index in [2.05, 4.69) is 0 Å². The molecule has 2 aliphatic heterocycles. The molecular weight excluding hydrogens is 334 g/mol. The fourth-order valence-corrected chi connectivity index (χ4v) is 5.90. The van der Waals surface area contributed by atoms with Crippen molar-refractivity contribution in [3.05, 3.63) is 23.3 Å². The Balaban J connectivity index is 1.62. The molecule has 138 valence electrons. The summed E-state index contributed by atoms with van der Waals surface area (Å²) >= 11 is 0. The van der Waals surface area contributed by atoms with Gasteiger partial charge in [-0.3, -0.25) is 9.69 Å². The first-order valence-corrected chi connectivity index (χ1v) is 9.31. The van der Waals surface area contributed by atoms with E-state index in [0.717, 1.165) is 0 Å². The van der Waals surface area contributed by atoms with Crippen molar-refractivity contribution in [2.24, 2.45) is 5.89 Å². The van der Waals surface area contributed by atoms with Gasteiger partial charge in [0.05, 0.1) is 23.2 Å². The number of aliphatic hydroxyl groups excluding tert-OH is 1. The van der Waals surface area contributed by atoms with Gasteiger partial charge in [-0.25, -0.2) is 0 Å². The first-order valence-electron chi connectivity index (χ1n) is 10.8. The summed E-state index contributed by atoms with van der Waals surface area (Å²) < 4.78 is 31.8. The molecule has 1 aromatic rings. The van der Waals surface area contributed by atoms with Gasteiger partial charge in [-0.2, -0.15) is 0 Å². The molecule has 1 spiro atoms. The van der Waals surface area contributed by atoms with Crippen LogP contribution in [0.1, 0.15) is 53.4 Å². The second-order valence-electron chi connectivity index (χ2n) is 8.29. The van der Waals surface area contributed by atoms with Gasteiger partial charge < -0.3 is 20.1 Å². The van der Waals surface area contributed by atoms with Crippen molar-refractivity contribution in [1.29, 1.82) is 0 Å². The maximum Gasteiger partial charge on any atom is 0.174 e. The molecule has 3 N–H and O–H groups in total. The second-order valence-corrected chi connectivity index (χ2v) is 8.29. The smallest absolute Gasteiger partial charge is 0.174 e. The number of benzene rings is 1. The number of Topliss-reactive ketones (excluding diaryl/α,β-unsaturated/α-hetero) is 1. The SMILES string of the molecule is [2H]C1(C([2H])([2H])N2CC[C@]34c5c6ccc(O)c5O[C@H]3C(=O)CC[C@@]4(O)[C@H]2C6O)CC1. The first-order chi connectivity index (χ1) is 13.6. The van der Waals surface area contributed by atoms with Gasteiger partial charge in [0.15, 0.2) is 23.4 Å². The monoisotopic (exact) mass is 360 g/mol. The van der Waals surface area contributed by atoms with Gasteiger partial charge in [0.1, 0.15) is 0 Å². The number of carbonyl (C=O) groups is 1. The Labute approximate surface area is 155 Å². The van der Waals surface area contributed by atoms with Crippen molar-refractivity contribution in [3.8, 4) is 11.5 Å². The van der Waals surface area contributed by atoms with Crippen LogP contribution in [-0.2, 0) is 10.2 Å². The van der Waals surface area contributed by atoms with Crippen molar-refractivity contribution in [3.63, 3.8) is 0 Å². The number of ketones is 1. The molecule has 2 bridgehead atoms. The highest BCUT2D eigenvalue weighted by Crippen LogP contribution is 2.66. The number of phenols is 1. The molecule has 5 aliphatic rings. The zero-order valence-corrected chi connectivity index (χ0v) is 14.2. The number of hydrogen-bond donors (Lipinski definition) is 3. The predicted octanol–water partition coefficient (Wildman–Crippen LogP) is 1.02. The lowest BCUT2D eigenvalue weighted by Crippen LogP contribution is -2.77. The Bertz CT molecular complexity index is 966. The highest BCUT2D eigenvalue weighted by atomic mass is 16.5. The fraction of sp³-hybridized carbons (Fsp3) is 0.650. The number of aliphatic hydroxyl groups is 2. The molecule has 26 heavy (non-hydrogen) atoms. The number of phenolic OH excluding ortho intramolecular Hbond substituents is 1. The molecule has 6 nitrogen and oxygen atoms in total. The third-order valence-electron chi connectivity index (χ3n) is 7.11. The van der Waals surface area contributed by atoms with Gasteiger partial charge in [-0.15, -0.1) is 0 Å². The second kappa shape index (κ2) is 4.61. The van der Waals surface area contributed by atoms with E-state index in [0.29, 0.717) is 24.0 Å². The van der Waals surface area contributed by atoms with Crippen LogP contribution in [0.25, 0.3) is 0 Å². The van der Waals surface area contributed by atoms with Crippen LogP contribution < -0.4 is 4.74 Å². The van der Waals surface area contributed by atoms with Gasteiger partial charge in [-0.1, -0.05) is 6.07 Å². The average Bonchev–Trinajstić information content (AvgIpc) is 3.32. The van der Waals surface area contributed by atoms with Crippen LogP contribution in [-0.4, -0.2) is 56.8 Å². The zero-order valence-electron chi connectivity index (χ0n) is 17.2. The minimum Gasteiger partial charge on any atom is -0.504 e. The van der Waals surface area contributed by atoms with Gasteiger partial charge in [0, 0.05) is 22.6 Å². The molecule has 6 heteroatoms. The van der Waals surface area contributed by atoms with Crippen LogP contribution in [0.3, 0.4) is 0 Å². The van der Waals surface area contributed by atoms with Crippen LogP contribution in [0, 0.1) is 5.89 Å². The molecule has 1 saturated heterocycles. The van der Waals surface area contributed by atoms with Gasteiger partial charge >= 0.3 is 0 Å². The van der Waals surface area contributed by atoms with E-state index in [1.54, 1.807) is 6.07 Å². The van der Waals surface area contributed by atoms with Crippen LogP contribution in [0.2, 0.25) is 0 Å². The van der Waals surface area contributed by atoms with Crippen molar-refractivity contribution in [2.75, 3.05) is 13.0 Å². The number of aromatic hydroxyl groups is 1. The van der Waals surface area contributed by atoms with Crippen molar-refractivity contribution < 1.29 is 29.0 Å². The molecular formula is C20H23NO5. The van der Waals surface area contributed by atoms with Crippen LogP contribution in [0.5, 0.6) is 11.5 Å². The molecule has 5 atom stereocenters. The zero-order chi connectivity index (χ0) is 20.6. The van der Waals surface area contributed by atoms with E-state index in [9.17, 15) is 20.1 Å². The van der Waals surface area contributed by atoms with E-state index < -0.39 is 41.7 Å². The lowest BCUT2D eigenvalue weighted by Gasteiger charge is -2.63. The molecule has 2 heterocycles. The summed E-state index contributed by atoms with van der Waals surface area (Å²) in [4.78, 5) is 14.3. The molecule has 2 saturated carbocycles. The third kappa shape index (κ3) is 1.54. The summed E-state index contributed by atoms with van der Waals surface area (Å²) in [5.74, 6) is -1.39. The summed E-state index contributed by atoms with van der Waals surface area (Å²) in [7, 11) is 0. The number of rotatable bonds is 2. The number of likely N-dealkylation sites (tertiary alicyclic amines) is 1. The van der Waals surface area contributed by atoms with E-state index in [4.69, 9.17) is 8.85 Å². The minimum atomic E-state index is -2.02. The van der Waals surface area contributed by atoms with Gasteiger partial charge in [-0.05, 0) is 49.8 Å². The molecule has 1 aromatic carbocycles. The number of ether oxygens (including phenoxy) is 1. The lowest BCUT2D eigenvalue weighted by atomic mass is 9.48. The number of nitrogens with zero attached hydrogens (tertiary/aromatic N) is 1. The first kappa shape index (κ1) is 12.7.